The Morgan fingerprint density at radius 1 is 1.00 bits per heavy atom. The van der Waals surface area contributed by atoms with E-state index in [9.17, 15) is 16.8 Å². The smallest absolute Gasteiger partial charge is 0.244 e. The lowest BCUT2D eigenvalue weighted by Gasteiger charge is -2.40. The number of hydrogen-bond acceptors (Lipinski definition) is 5. The van der Waals surface area contributed by atoms with Crippen molar-refractivity contribution in [1.82, 2.24) is 8.61 Å². The summed E-state index contributed by atoms with van der Waals surface area (Å²) >= 11 is 0. The zero-order valence-corrected chi connectivity index (χ0v) is 18.2. The average molecular weight is 439 g/mol. The van der Waals surface area contributed by atoms with Crippen molar-refractivity contribution in [3.8, 4) is 5.75 Å². The molecule has 1 fully saturated rings. The van der Waals surface area contributed by atoms with Gasteiger partial charge in [0, 0.05) is 13.1 Å². The maximum absolute atomic E-state index is 13.6. The lowest BCUT2D eigenvalue weighted by molar-refractivity contribution is 0.133. The predicted molar refractivity (Wildman–Crippen MR) is 111 cm³/mol. The highest BCUT2D eigenvalue weighted by atomic mass is 32.2. The van der Waals surface area contributed by atoms with E-state index in [2.05, 4.69) is 0 Å². The van der Waals surface area contributed by atoms with E-state index in [0.717, 1.165) is 18.2 Å². The Kier molecular flexibility index (Phi) is 6.62. The normalized spacial score (nSPS) is 18.7. The molecule has 9 heteroatoms. The molecule has 0 spiro atoms. The summed E-state index contributed by atoms with van der Waals surface area (Å²) in [5.74, 6) is 0.550. The summed E-state index contributed by atoms with van der Waals surface area (Å²) in [6.07, 6.45) is 2.30. The molecule has 29 heavy (non-hydrogen) atoms. The van der Waals surface area contributed by atoms with Gasteiger partial charge in [0.2, 0.25) is 20.0 Å². The number of rotatable bonds is 7. The van der Waals surface area contributed by atoms with Crippen molar-refractivity contribution >= 4 is 20.0 Å². The third-order valence-corrected chi connectivity index (χ3v) is 8.16. The average Bonchev–Trinajstić information content (AvgIpc) is 2.72. The molecule has 1 aliphatic rings. The molecule has 1 saturated heterocycles. The van der Waals surface area contributed by atoms with Crippen LogP contribution in [0.2, 0.25) is 0 Å². The monoisotopic (exact) mass is 438 g/mol. The van der Waals surface area contributed by atoms with Gasteiger partial charge in [0.25, 0.3) is 0 Å². The Morgan fingerprint density at radius 2 is 1.66 bits per heavy atom. The van der Waals surface area contributed by atoms with Crippen LogP contribution in [0.3, 0.4) is 0 Å². The van der Waals surface area contributed by atoms with Crippen LogP contribution in [-0.4, -0.2) is 51.5 Å². The number of piperidine rings is 1. The highest BCUT2D eigenvalue weighted by Gasteiger charge is 2.40. The van der Waals surface area contributed by atoms with Gasteiger partial charge in [-0.2, -0.15) is 8.61 Å². The highest BCUT2D eigenvalue weighted by molar-refractivity contribution is 7.89. The van der Waals surface area contributed by atoms with Crippen LogP contribution in [0.15, 0.2) is 59.5 Å². The van der Waals surface area contributed by atoms with Gasteiger partial charge >= 0.3 is 0 Å². The Labute approximate surface area is 173 Å². The van der Waals surface area contributed by atoms with Gasteiger partial charge in [-0.3, -0.25) is 0 Å². The van der Waals surface area contributed by atoms with E-state index in [-0.39, 0.29) is 11.4 Å². The van der Waals surface area contributed by atoms with E-state index in [1.807, 2.05) is 30.3 Å². The fourth-order valence-electron chi connectivity index (χ4n) is 3.56. The second-order valence-electron chi connectivity index (χ2n) is 7.06. The molecule has 0 radical (unpaired) electrons. The summed E-state index contributed by atoms with van der Waals surface area (Å²) in [7, 11) is -5.99. The van der Waals surface area contributed by atoms with Crippen LogP contribution in [0.1, 0.15) is 24.8 Å². The van der Waals surface area contributed by atoms with Crippen molar-refractivity contribution in [3.05, 3.63) is 60.2 Å². The molecule has 3 rings (SSSR count). The molecule has 1 aliphatic heterocycles. The van der Waals surface area contributed by atoms with Gasteiger partial charge in [-0.15, -0.1) is 0 Å². The maximum atomic E-state index is 13.6. The summed E-state index contributed by atoms with van der Waals surface area (Å²) in [6, 6.07) is 15.3. The van der Waals surface area contributed by atoms with Gasteiger partial charge in [-0.25, -0.2) is 16.8 Å². The topological polar surface area (TPSA) is 84.0 Å². The van der Waals surface area contributed by atoms with Crippen molar-refractivity contribution in [2.75, 3.05) is 19.9 Å². The lowest BCUT2D eigenvalue weighted by atomic mass is 10.1. The van der Waals surface area contributed by atoms with Crippen molar-refractivity contribution < 1.29 is 21.6 Å². The van der Waals surface area contributed by atoms with Gasteiger partial charge in [-0.05, 0) is 49.1 Å². The summed E-state index contributed by atoms with van der Waals surface area (Å²) < 4.78 is 59.7. The molecule has 158 valence electrons. The van der Waals surface area contributed by atoms with Gasteiger partial charge in [-0.1, -0.05) is 30.3 Å². The van der Waals surface area contributed by atoms with Crippen LogP contribution in [0.25, 0.3) is 0 Å². The van der Waals surface area contributed by atoms with Gasteiger partial charge in [0.1, 0.15) is 5.75 Å². The molecule has 7 nitrogen and oxygen atoms in total. The number of methoxy groups -OCH3 is 1. The largest absolute Gasteiger partial charge is 0.497 e. The van der Waals surface area contributed by atoms with Crippen LogP contribution < -0.4 is 4.74 Å². The second-order valence-corrected chi connectivity index (χ2v) is 10.9. The molecule has 1 heterocycles. The standard InChI is InChI=1S/C20H26N2O5S2/c1-27-18-11-13-19(14-12-18)29(25,26)22(16-17-8-4-3-5-9-17)20-10-6-7-15-21(20)28(2,23)24/h3-5,8-9,11-14,20H,6-7,10,15-16H2,1-2H3. The van der Waals surface area contributed by atoms with Gasteiger partial charge in [0.15, 0.2) is 0 Å². The zero-order valence-electron chi connectivity index (χ0n) is 16.6. The number of hydrogen-bond donors (Lipinski definition) is 0. The fourth-order valence-corrected chi connectivity index (χ4v) is 6.35. The molecular weight excluding hydrogens is 412 g/mol. The third kappa shape index (κ3) is 4.98. The number of sulfonamides is 2. The van der Waals surface area contributed by atoms with Crippen molar-refractivity contribution in [3.63, 3.8) is 0 Å². The van der Waals surface area contributed by atoms with E-state index in [0.29, 0.717) is 25.1 Å². The number of ether oxygens (including phenoxy) is 1. The lowest BCUT2D eigenvalue weighted by Crippen LogP contribution is -2.54. The zero-order chi connectivity index (χ0) is 21.1. The third-order valence-electron chi connectivity index (χ3n) is 5.03. The summed E-state index contributed by atoms with van der Waals surface area (Å²) in [5.41, 5.74) is 0.795. The predicted octanol–water partition coefficient (Wildman–Crippen LogP) is 2.66. The first-order valence-electron chi connectivity index (χ1n) is 9.40. The quantitative estimate of drug-likeness (QED) is 0.664. The first-order chi connectivity index (χ1) is 13.7. The van der Waals surface area contributed by atoms with Crippen LogP contribution in [0.4, 0.5) is 0 Å². The van der Waals surface area contributed by atoms with Crippen LogP contribution >= 0.6 is 0 Å². The summed E-state index contributed by atoms with van der Waals surface area (Å²) in [5, 5.41) is 0. The molecule has 0 N–H and O–H groups in total. The van der Waals surface area contributed by atoms with E-state index < -0.39 is 26.2 Å². The SMILES string of the molecule is COc1ccc(S(=O)(=O)N(Cc2ccccc2)C2CCCCN2S(C)(=O)=O)cc1. The molecule has 0 aliphatic carbocycles. The van der Waals surface area contributed by atoms with Crippen molar-refractivity contribution in [2.24, 2.45) is 0 Å². The van der Waals surface area contributed by atoms with Crippen LogP contribution in [-0.2, 0) is 26.6 Å². The molecular formula is C20H26N2O5S2. The Morgan fingerprint density at radius 3 is 2.24 bits per heavy atom. The molecule has 0 bridgehead atoms. The van der Waals surface area contributed by atoms with Gasteiger partial charge < -0.3 is 4.74 Å². The minimum absolute atomic E-state index is 0.0892. The van der Waals surface area contributed by atoms with E-state index in [1.165, 1.54) is 27.9 Å². The van der Waals surface area contributed by atoms with E-state index in [4.69, 9.17) is 4.74 Å². The van der Waals surface area contributed by atoms with E-state index in [1.54, 1.807) is 12.1 Å². The van der Waals surface area contributed by atoms with Crippen LogP contribution in [0, 0.1) is 0 Å². The molecule has 0 saturated carbocycles. The molecule has 0 amide bonds. The van der Waals surface area contributed by atoms with Crippen LogP contribution in [0.5, 0.6) is 5.75 Å². The molecule has 2 aromatic carbocycles. The molecule has 1 unspecified atom stereocenters. The first kappa shape index (κ1) is 21.8. The van der Waals surface area contributed by atoms with E-state index >= 15 is 0 Å². The maximum Gasteiger partial charge on any atom is 0.244 e. The summed E-state index contributed by atoms with van der Waals surface area (Å²) in [6.45, 7) is 0.402. The second kappa shape index (κ2) is 8.83. The minimum atomic E-state index is -3.95. The number of benzene rings is 2. The van der Waals surface area contributed by atoms with Crippen molar-refractivity contribution in [2.45, 2.75) is 36.9 Å². The van der Waals surface area contributed by atoms with Crippen molar-refractivity contribution in [1.29, 1.82) is 0 Å². The highest BCUT2D eigenvalue weighted by Crippen LogP contribution is 2.30. The summed E-state index contributed by atoms with van der Waals surface area (Å²) in [4.78, 5) is 0.105. The molecule has 0 aromatic heterocycles. The Balaban J connectivity index is 2.06. The first-order valence-corrected chi connectivity index (χ1v) is 12.7. The molecule has 1 atom stereocenters. The Bertz CT molecular complexity index is 1020. The number of nitrogens with zero attached hydrogens (tertiary/aromatic N) is 2. The molecule has 2 aromatic rings. The fraction of sp³-hybridized carbons (Fsp3) is 0.400. The van der Waals surface area contributed by atoms with Gasteiger partial charge in [0.05, 0.1) is 24.4 Å². The Hall–Kier alpha value is -1.94. The minimum Gasteiger partial charge on any atom is -0.497 e.